The maximum atomic E-state index is 12.0. The molecule has 0 aromatic heterocycles. The van der Waals surface area contributed by atoms with Gasteiger partial charge in [0.2, 0.25) is 0 Å². The molecule has 1 amide bonds. The summed E-state index contributed by atoms with van der Waals surface area (Å²) in [6.45, 7) is 9.48. The van der Waals surface area contributed by atoms with Crippen molar-refractivity contribution in [3.63, 3.8) is 0 Å². The predicted molar refractivity (Wildman–Crippen MR) is 69.1 cm³/mol. The maximum absolute atomic E-state index is 12.0. The predicted octanol–water partition coefficient (Wildman–Crippen LogP) is 2.24. The third kappa shape index (κ3) is 4.94. The molecule has 1 rings (SSSR count). The van der Waals surface area contributed by atoms with Crippen LogP contribution in [0.5, 0.6) is 0 Å². The van der Waals surface area contributed by atoms with Gasteiger partial charge in [-0.1, -0.05) is 6.92 Å². The van der Waals surface area contributed by atoms with Crippen molar-refractivity contribution in [3.8, 4) is 0 Å². The number of carbonyl (C=O) groups is 1. The van der Waals surface area contributed by atoms with Gasteiger partial charge in [0.05, 0.1) is 0 Å². The molecular formula is C13H26N2O2. The van der Waals surface area contributed by atoms with E-state index in [4.69, 9.17) is 4.74 Å². The number of hydrogen-bond acceptors (Lipinski definition) is 3. The average molecular weight is 242 g/mol. The fourth-order valence-electron chi connectivity index (χ4n) is 2.21. The van der Waals surface area contributed by atoms with Gasteiger partial charge in [0.1, 0.15) is 5.60 Å². The summed E-state index contributed by atoms with van der Waals surface area (Å²) >= 11 is 0. The largest absolute Gasteiger partial charge is 0.444 e. The van der Waals surface area contributed by atoms with Crippen molar-refractivity contribution >= 4 is 6.09 Å². The van der Waals surface area contributed by atoms with Gasteiger partial charge >= 0.3 is 6.09 Å². The number of ether oxygens (including phenoxy) is 1. The minimum atomic E-state index is -0.408. The molecule has 0 bridgehead atoms. The van der Waals surface area contributed by atoms with Crippen molar-refractivity contribution in [2.75, 3.05) is 20.1 Å². The minimum absolute atomic E-state index is 0.180. The van der Waals surface area contributed by atoms with Gasteiger partial charge < -0.3 is 15.0 Å². The highest BCUT2D eigenvalue weighted by molar-refractivity contribution is 5.68. The Hall–Kier alpha value is -0.770. The zero-order valence-corrected chi connectivity index (χ0v) is 11.7. The fraction of sp³-hybridized carbons (Fsp3) is 0.923. The van der Waals surface area contributed by atoms with Gasteiger partial charge in [0, 0.05) is 19.1 Å². The highest BCUT2D eigenvalue weighted by atomic mass is 16.6. The van der Waals surface area contributed by atoms with E-state index >= 15 is 0 Å². The van der Waals surface area contributed by atoms with Crippen molar-refractivity contribution in [2.45, 2.75) is 52.2 Å². The van der Waals surface area contributed by atoms with Gasteiger partial charge in [0.25, 0.3) is 0 Å². The Morgan fingerprint density at radius 3 is 2.59 bits per heavy atom. The Bertz CT molecular complexity index is 261. The molecule has 1 N–H and O–H groups in total. The zero-order chi connectivity index (χ0) is 13.1. The van der Waals surface area contributed by atoms with E-state index < -0.39 is 5.60 Å². The third-order valence-electron chi connectivity index (χ3n) is 3.03. The Labute approximate surface area is 105 Å². The molecule has 0 aromatic carbocycles. The van der Waals surface area contributed by atoms with Crippen molar-refractivity contribution in [3.05, 3.63) is 0 Å². The summed E-state index contributed by atoms with van der Waals surface area (Å²) in [5.74, 6) is 0.516. The average Bonchev–Trinajstić information content (AvgIpc) is 2.37. The normalized spacial score (nSPS) is 26.5. The van der Waals surface area contributed by atoms with E-state index in [1.54, 1.807) is 0 Å². The number of amides is 1. The van der Waals surface area contributed by atoms with Crippen molar-refractivity contribution in [1.29, 1.82) is 0 Å². The summed E-state index contributed by atoms with van der Waals surface area (Å²) in [6.07, 6.45) is 1.94. The molecule has 1 aliphatic rings. The first kappa shape index (κ1) is 14.3. The lowest BCUT2D eigenvalue weighted by Crippen LogP contribution is -2.38. The lowest BCUT2D eigenvalue weighted by Gasteiger charge is -2.27. The molecule has 1 saturated heterocycles. The molecule has 2 atom stereocenters. The van der Waals surface area contributed by atoms with Gasteiger partial charge in [-0.05, 0) is 46.6 Å². The number of carbonyl (C=O) groups excluding carboxylic acids is 1. The number of nitrogens with one attached hydrogen (secondary N) is 1. The van der Waals surface area contributed by atoms with Crippen LogP contribution in [0.4, 0.5) is 4.79 Å². The second-order valence-corrected chi connectivity index (χ2v) is 6.04. The number of hydrogen-bond donors (Lipinski definition) is 1. The molecular weight excluding hydrogens is 216 g/mol. The van der Waals surface area contributed by atoms with E-state index in [-0.39, 0.29) is 6.09 Å². The van der Waals surface area contributed by atoms with Crippen LogP contribution in [0, 0.1) is 5.92 Å². The quantitative estimate of drug-likeness (QED) is 0.766. The Kier molecular flexibility index (Phi) is 4.80. The molecule has 2 unspecified atom stereocenters. The topological polar surface area (TPSA) is 41.6 Å². The van der Waals surface area contributed by atoms with Gasteiger partial charge in [-0.3, -0.25) is 0 Å². The van der Waals surface area contributed by atoms with E-state index in [0.29, 0.717) is 12.0 Å². The first-order valence-corrected chi connectivity index (χ1v) is 6.47. The number of rotatable bonds is 1. The lowest BCUT2D eigenvalue weighted by atomic mass is 10.0. The van der Waals surface area contributed by atoms with Crippen LogP contribution >= 0.6 is 0 Å². The summed E-state index contributed by atoms with van der Waals surface area (Å²) in [4.78, 5) is 13.8. The molecule has 1 aliphatic heterocycles. The van der Waals surface area contributed by atoms with Crippen LogP contribution < -0.4 is 5.32 Å². The Morgan fingerprint density at radius 1 is 1.41 bits per heavy atom. The van der Waals surface area contributed by atoms with E-state index in [1.807, 2.05) is 32.7 Å². The number of nitrogens with zero attached hydrogens (tertiary/aromatic N) is 1. The molecule has 0 saturated carbocycles. The summed E-state index contributed by atoms with van der Waals surface area (Å²) < 4.78 is 5.42. The molecule has 4 nitrogen and oxygen atoms in total. The van der Waals surface area contributed by atoms with Gasteiger partial charge in [-0.15, -0.1) is 0 Å². The van der Waals surface area contributed by atoms with Crippen molar-refractivity contribution in [2.24, 2.45) is 5.92 Å². The first-order chi connectivity index (χ1) is 7.81. The Morgan fingerprint density at radius 2 is 2.06 bits per heavy atom. The molecule has 4 heteroatoms. The second kappa shape index (κ2) is 5.71. The SMILES string of the molecule is CNC1CCN(C(=O)OC(C)(C)C)CC(C)C1. The lowest BCUT2D eigenvalue weighted by molar-refractivity contribution is 0.0238. The maximum Gasteiger partial charge on any atom is 0.410 e. The molecule has 0 spiro atoms. The van der Waals surface area contributed by atoms with E-state index in [0.717, 1.165) is 25.9 Å². The number of likely N-dealkylation sites (tertiary alicyclic amines) is 1. The monoisotopic (exact) mass is 242 g/mol. The summed E-state index contributed by atoms with van der Waals surface area (Å²) in [5.41, 5.74) is -0.408. The minimum Gasteiger partial charge on any atom is -0.444 e. The van der Waals surface area contributed by atoms with Crippen LogP contribution in [0.15, 0.2) is 0 Å². The fourth-order valence-corrected chi connectivity index (χ4v) is 2.21. The first-order valence-electron chi connectivity index (χ1n) is 6.47. The van der Waals surface area contributed by atoms with Crippen LogP contribution in [-0.2, 0) is 4.74 Å². The summed E-state index contributed by atoms with van der Waals surface area (Å²) in [6, 6.07) is 0.512. The van der Waals surface area contributed by atoms with Gasteiger partial charge in [0.15, 0.2) is 0 Å². The van der Waals surface area contributed by atoms with E-state index in [9.17, 15) is 4.79 Å². The van der Waals surface area contributed by atoms with Crippen LogP contribution in [-0.4, -0.2) is 42.8 Å². The van der Waals surface area contributed by atoms with Crippen LogP contribution in [0.25, 0.3) is 0 Å². The van der Waals surface area contributed by atoms with E-state index in [2.05, 4.69) is 12.2 Å². The summed E-state index contributed by atoms with van der Waals surface area (Å²) in [5, 5.41) is 3.30. The molecule has 100 valence electrons. The van der Waals surface area contributed by atoms with Crippen LogP contribution in [0.3, 0.4) is 0 Å². The highest BCUT2D eigenvalue weighted by Crippen LogP contribution is 2.18. The standard InChI is InChI=1S/C13H26N2O2/c1-10-8-11(14-5)6-7-15(9-10)12(16)17-13(2,3)4/h10-11,14H,6-9H2,1-5H3. The Balaban J connectivity index is 2.56. The van der Waals surface area contributed by atoms with Gasteiger partial charge in [-0.25, -0.2) is 4.79 Å². The molecule has 0 aromatic rings. The van der Waals surface area contributed by atoms with Gasteiger partial charge in [-0.2, -0.15) is 0 Å². The second-order valence-electron chi connectivity index (χ2n) is 6.04. The molecule has 1 heterocycles. The molecule has 0 aliphatic carbocycles. The molecule has 1 fully saturated rings. The van der Waals surface area contributed by atoms with E-state index in [1.165, 1.54) is 0 Å². The van der Waals surface area contributed by atoms with Crippen molar-refractivity contribution in [1.82, 2.24) is 10.2 Å². The smallest absolute Gasteiger partial charge is 0.410 e. The molecule has 0 radical (unpaired) electrons. The highest BCUT2D eigenvalue weighted by Gasteiger charge is 2.27. The van der Waals surface area contributed by atoms with Crippen molar-refractivity contribution < 1.29 is 9.53 Å². The summed E-state index contributed by atoms with van der Waals surface area (Å²) in [7, 11) is 1.99. The van der Waals surface area contributed by atoms with Crippen LogP contribution in [0.1, 0.15) is 40.5 Å². The third-order valence-corrected chi connectivity index (χ3v) is 3.03. The van der Waals surface area contributed by atoms with Crippen LogP contribution in [0.2, 0.25) is 0 Å². The molecule has 17 heavy (non-hydrogen) atoms. The zero-order valence-electron chi connectivity index (χ0n) is 11.7.